The van der Waals surface area contributed by atoms with Gasteiger partial charge in [0, 0.05) is 56.0 Å². The summed E-state index contributed by atoms with van der Waals surface area (Å²) in [7, 11) is 2.15. The fraction of sp³-hybridized carbons (Fsp3) is 0.370. The summed E-state index contributed by atoms with van der Waals surface area (Å²) in [6.07, 6.45) is 4.49. The van der Waals surface area contributed by atoms with E-state index in [1.165, 1.54) is 11.9 Å². The predicted molar refractivity (Wildman–Crippen MR) is 132 cm³/mol. The first-order chi connectivity index (χ1) is 16.5. The summed E-state index contributed by atoms with van der Waals surface area (Å²) in [5.41, 5.74) is 4.00. The van der Waals surface area contributed by atoms with E-state index < -0.39 is 5.82 Å². The standard InChI is InChI=1S/C27H30FN5O/c1-32-12-14-33(15-13-32)23-10-8-22(9-11-23)30-27-29-18-24(28)25(31-27)16-19-4-6-21(7-5-19)26(34)17-20-2-3-20/h4-11,18,20H,2-3,12-17H2,1H3,(H,29,30,31). The Labute approximate surface area is 199 Å². The molecule has 7 heteroatoms. The molecule has 2 fully saturated rings. The van der Waals surface area contributed by atoms with Crippen molar-refractivity contribution in [2.75, 3.05) is 43.4 Å². The summed E-state index contributed by atoms with van der Waals surface area (Å²) in [6, 6.07) is 15.6. The normalized spacial score (nSPS) is 16.5. The third kappa shape index (κ3) is 5.59. The third-order valence-electron chi connectivity index (χ3n) is 6.63. The number of Topliss-reactive ketones (excluding diaryl/α,β-unsaturated/α-hetero) is 1. The van der Waals surface area contributed by atoms with E-state index in [0.717, 1.165) is 55.8 Å². The molecule has 0 radical (unpaired) electrons. The van der Waals surface area contributed by atoms with Crippen LogP contribution in [0.25, 0.3) is 0 Å². The molecule has 1 saturated carbocycles. The van der Waals surface area contributed by atoms with Crippen LogP contribution in [0.3, 0.4) is 0 Å². The molecule has 1 aromatic heterocycles. The Hall–Kier alpha value is -3.32. The van der Waals surface area contributed by atoms with E-state index >= 15 is 0 Å². The first kappa shape index (κ1) is 22.5. The Morgan fingerprint density at radius 1 is 1.03 bits per heavy atom. The second-order valence-electron chi connectivity index (χ2n) is 9.39. The molecule has 1 saturated heterocycles. The highest BCUT2D eigenvalue weighted by Gasteiger charge is 2.24. The molecule has 0 atom stereocenters. The number of ketones is 1. The molecule has 1 aliphatic carbocycles. The first-order valence-corrected chi connectivity index (χ1v) is 12.0. The number of carbonyl (C=O) groups excluding carboxylic acids is 1. The van der Waals surface area contributed by atoms with Crippen molar-refractivity contribution in [3.63, 3.8) is 0 Å². The van der Waals surface area contributed by atoms with Gasteiger partial charge in [0.1, 0.15) is 0 Å². The number of carbonyl (C=O) groups is 1. The highest BCUT2D eigenvalue weighted by molar-refractivity contribution is 5.96. The maximum Gasteiger partial charge on any atom is 0.227 e. The molecule has 176 valence electrons. The number of aromatic nitrogens is 2. The van der Waals surface area contributed by atoms with Crippen molar-refractivity contribution in [3.8, 4) is 0 Å². The molecular formula is C27H30FN5O. The van der Waals surface area contributed by atoms with Gasteiger partial charge in [0.2, 0.25) is 5.95 Å². The van der Waals surface area contributed by atoms with Crippen LogP contribution in [0.15, 0.2) is 54.7 Å². The first-order valence-electron chi connectivity index (χ1n) is 12.0. The Morgan fingerprint density at radius 2 is 1.74 bits per heavy atom. The second kappa shape index (κ2) is 9.89. The maximum absolute atomic E-state index is 14.4. The molecule has 3 aromatic rings. The van der Waals surface area contributed by atoms with E-state index in [4.69, 9.17) is 0 Å². The van der Waals surface area contributed by atoms with Gasteiger partial charge in [0.15, 0.2) is 11.6 Å². The van der Waals surface area contributed by atoms with Gasteiger partial charge in [-0.3, -0.25) is 4.79 Å². The Balaban J connectivity index is 1.22. The van der Waals surface area contributed by atoms with Crippen molar-refractivity contribution in [3.05, 3.63) is 77.4 Å². The summed E-state index contributed by atoms with van der Waals surface area (Å²) >= 11 is 0. The number of nitrogens with one attached hydrogen (secondary N) is 1. The number of piperazine rings is 1. The van der Waals surface area contributed by atoms with Gasteiger partial charge in [-0.25, -0.2) is 14.4 Å². The predicted octanol–water partition coefficient (Wildman–Crippen LogP) is 4.68. The van der Waals surface area contributed by atoms with Crippen LogP contribution in [0, 0.1) is 11.7 Å². The quantitative estimate of drug-likeness (QED) is 0.494. The number of hydrogen-bond donors (Lipinski definition) is 1. The number of likely N-dealkylation sites (N-methyl/N-ethyl adjacent to an activating group) is 1. The summed E-state index contributed by atoms with van der Waals surface area (Å²) < 4.78 is 14.4. The topological polar surface area (TPSA) is 61.4 Å². The number of anilines is 3. The van der Waals surface area contributed by atoms with Gasteiger partial charge in [-0.2, -0.15) is 0 Å². The minimum absolute atomic E-state index is 0.187. The van der Waals surface area contributed by atoms with Gasteiger partial charge in [-0.05, 0) is 55.6 Å². The van der Waals surface area contributed by atoms with Gasteiger partial charge in [0.25, 0.3) is 0 Å². The van der Waals surface area contributed by atoms with Crippen molar-refractivity contribution in [2.24, 2.45) is 5.92 Å². The second-order valence-corrected chi connectivity index (χ2v) is 9.39. The van der Waals surface area contributed by atoms with Crippen molar-refractivity contribution >= 4 is 23.1 Å². The Bertz CT molecular complexity index is 1140. The zero-order chi connectivity index (χ0) is 23.5. The van der Waals surface area contributed by atoms with Crippen LogP contribution in [-0.4, -0.2) is 53.9 Å². The van der Waals surface area contributed by atoms with E-state index in [2.05, 4.69) is 44.3 Å². The number of hydrogen-bond acceptors (Lipinski definition) is 6. The minimum Gasteiger partial charge on any atom is -0.369 e. The van der Waals surface area contributed by atoms with E-state index in [9.17, 15) is 9.18 Å². The molecule has 2 aromatic carbocycles. The minimum atomic E-state index is -0.440. The van der Waals surface area contributed by atoms with E-state index in [1.807, 2.05) is 36.4 Å². The van der Waals surface area contributed by atoms with Gasteiger partial charge >= 0.3 is 0 Å². The van der Waals surface area contributed by atoms with Crippen molar-refractivity contribution < 1.29 is 9.18 Å². The van der Waals surface area contributed by atoms with E-state index in [0.29, 0.717) is 30.4 Å². The Morgan fingerprint density at radius 3 is 2.41 bits per heavy atom. The largest absolute Gasteiger partial charge is 0.369 e. The van der Waals surface area contributed by atoms with Crippen LogP contribution < -0.4 is 10.2 Å². The molecule has 2 aliphatic rings. The monoisotopic (exact) mass is 459 g/mol. The lowest BCUT2D eigenvalue weighted by atomic mass is 10.0. The molecule has 1 N–H and O–H groups in total. The molecule has 0 amide bonds. The molecule has 0 unspecified atom stereocenters. The van der Waals surface area contributed by atoms with E-state index in [1.54, 1.807) is 0 Å². The molecule has 2 heterocycles. The number of nitrogens with zero attached hydrogens (tertiary/aromatic N) is 4. The van der Waals surface area contributed by atoms with Crippen LogP contribution in [0.2, 0.25) is 0 Å². The average Bonchev–Trinajstić information content (AvgIpc) is 3.67. The Kier molecular flexibility index (Phi) is 6.54. The van der Waals surface area contributed by atoms with Gasteiger partial charge < -0.3 is 15.1 Å². The molecule has 34 heavy (non-hydrogen) atoms. The van der Waals surface area contributed by atoms with Crippen LogP contribution in [0.5, 0.6) is 0 Å². The number of rotatable bonds is 8. The zero-order valence-corrected chi connectivity index (χ0v) is 19.5. The van der Waals surface area contributed by atoms with Crippen LogP contribution in [0.4, 0.5) is 21.7 Å². The van der Waals surface area contributed by atoms with Crippen molar-refractivity contribution in [1.82, 2.24) is 14.9 Å². The summed E-state index contributed by atoms with van der Waals surface area (Å²) in [6.45, 7) is 4.16. The molecule has 5 rings (SSSR count). The lowest BCUT2D eigenvalue weighted by Gasteiger charge is -2.34. The fourth-order valence-electron chi connectivity index (χ4n) is 4.24. The number of benzene rings is 2. The lowest BCUT2D eigenvalue weighted by Crippen LogP contribution is -2.44. The number of halogens is 1. The van der Waals surface area contributed by atoms with Crippen LogP contribution in [0.1, 0.15) is 40.9 Å². The van der Waals surface area contributed by atoms with Gasteiger partial charge in [-0.1, -0.05) is 24.3 Å². The molecule has 6 nitrogen and oxygen atoms in total. The van der Waals surface area contributed by atoms with Gasteiger partial charge in [0.05, 0.1) is 11.9 Å². The zero-order valence-electron chi connectivity index (χ0n) is 19.5. The molecule has 0 spiro atoms. The summed E-state index contributed by atoms with van der Waals surface area (Å²) in [4.78, 5) is 25.5. The van der Waals surface area contributed by atoms with E-state index in [-0.39, 0.29) is 5.78 Å². The lowest BCUT2D eigenvalue weighted by molar-refractivity contribution is 0.0976. The van der Waals surface area contributed by atoms with Crippen LogP contribution in [-0.2, 0) is 6.42 Å². The van der Waals surface area contributed by atoms with Crippen LogP contribution >= 0.6 is 0 Å². The highest BCUT2D eigenvalue weighted by atomic mass is 19.1. The molecular weight excluding hydrogens is 429 g/mol. The maximum atomic E-state index is 14.4. The average molecular weight is 460 g/mol. The van der Waals surface area contributed by atoms with Crippen molar-refractivity contribution in [1.29, 1.82) is 0 Å². The highest BCUT2D eigenvalue weighted by Crippen LogP contribution is 2.33. The third-order valence-corrected chi connectivity index (χ3v) is 6.63. The smallest absolute Gasteiger partial charge is 0.227 e. The van der Waals surface area contributed by atoms with Crippen molar-refractivity contribution in [2.45, 2.75) is 25.7 Å². The SMILES string of the molecule is CN1CCN(c2ccc(Nc3ncc(F)c(Cc4ccc(C(=O)CC5CC5)cc4)n3)cc2)CC1. The summed E-state index contributed by atoms with van der Waals surface area (Å²) in [5.74, 6) is 0.674. The molecule has 1 aliphatic heterocycles. The summed E-state index contributed by atoms with van der Waals surface area (Å²) in [5, 5.41) is 3.18. The van der Waals surface area contributed by atoms with Gasteiger partial charge in [-0.15, -0.1) is 0 Å². The molecule has 0 bridgehead atoms. The fourth-order valence-corrected chi connectivity index (χ4v) is 4.24.